The Morgan fingerprint density at radius 2 is 1.58 bits per heavy atom. The fourth-order valence-electron chi connectivity index (χ4n) is 2.71. The Hall–Kier alpha value is -1.14. The minimum absolute atomic E-state index is 0.120. The van der Waals surface area contributed by atoms with E-state index in [0.29, 0.717) is 0 Å². The van der Waals surface area contributed by atoms with Gasteiger partial charge in [0.1, 0.15) is 0 Å². The molecule has 1 saturated heterocycles. The SMILES string of the molecule is CNCC(=Cc1ccc(CNC(C)(C)C)cc1)B1OC(C)(C)C(C)(C)O1. The highest BCUT2D eigenvalue weighted by Gasteiger charge is 2.52. The third-order valence-corrected chi connectivity index (χ3v) is 5.09. The lowest BCUT2D eigenvalue weighted by atomic mass is 9.77. The zero-order valence-electron chi connectivity index (χ0n) is 17.7. The van der Waals surface area contributed by atoms with Crippen LogP contribution in [0.1, 0.15) is 59.6 Å². The van der Waals surface area contributed by atoms with Crippen molar-refractivity contribution in [1.29, 1.82) is 0 Å². The lowest BCUT2D eigenvalue weighted by molar-refractivity contribution is 0.00578. The summed E-state index contributed by atoms with van der Waals surface area (Å²) in [5, 5.41) is 6.75. The molecular weight excluding hydrogens is 323 g/mol. The summed E-state index contributed by atoms with van der Waals surface area (Å²) in [4.78, 5) is 0. The van der Waals surface area contributed by atoms with Crippen LogP contribution in [0.15, 0.2) is 29.7 Å². The van der Waals surface area contributed by atoms with Gasteiger partial charge in [-0.25, -0.2) is 0 Å². The average Bonchev–Trinajstić information content (AvgIpc) is 2.73. The average molecular weight is 358 g/mol. The molecule has 0 spiro atoms. The Morgan fingerprint density at radius 3 is 2.04 bits per heavy atom. The van der Waals surface area contributed by atoms with Crippen molar-refractivity contribution in [2.24, 2.45) is 0 Å². The van der Waals surface area contributed by atoms with Gasteiger partial charge in [0, 0.05) is 18.6 Å². The van der Waals surface area contributed by atoms with Crippen molar-refractivity contribution in [2.75, 3.05) is 13.6 Å². The molecule has 0 amide bonds. The Balaban J connectivity index is 2.14. The van der Waals surface area contributed by atoms with E-state index in [1.54, 1.807) is 0 Å². The summed E-state index contributed by atoms with van der Waals surface area (Å²) in [6.45, 7) is 16.5. The number of rotatable bonds is 6. The predicted molar refractivity (Wildman–Crippen MR) is 111 cm³/mol. The molecule has 26 heavy (non-hydrogen) atoms. The zero-order valence-corrected chi connectivity index (χ0v) is 17.7. The molecule has 0 aromatic heterocycles. The van der Waals surface area contributed by atoms with E-state index in [4.69, 9.17) is 9.31 Å². The number of likely N-dealkylation sites (N-methyl/N-ethyl adjacent to an activating group) is 1. The van der Waals surface area contributed by atoms with Gasteiger partial charge in [0.25, 0.3) is 0 Å². The molecule has 0 unspecified atom stereocenters. The Bertz CT molecular complexity index is 614. The lowest BCUT2D eigenvalue weighted by Crippen LogP contribution is -2.41. The van der Waals surface area contributed by atoms with E-state index in [1.807, 2.05) is 7.05 Å². The first-order chi connectivity index (χ1) is 11.9. The molecule has 1 fully saturated rings. The molecular formula is C21H35BN2O2. The van der Waals surface area contributed by atoms with Crippen molar-refractivity contribution in [1.82, 2.24) is 10.6 Å². The van der Waals surface area contributed by atoms with Gasteiger partial charge < -0.3 is 19.9 Å². The predicted octanol–water partition coefficient (Wildman–Crippen LogP) is 3.81. The highest BCUT2D eigenvalue weighted by atomic mass is 16.7. The molecule has 144 valence electrons. The quantitative estimate of drug-likeness (QED) is 0.759. The summed E-state index contributed by atoms with van der Waals surface area (Å²) in [6, 6.07) is 8.65. The van der Waals surface area contributed by atoms with Gasteiger partial charge in [-0.3, -0.25) is 0 Å². The fourth-order valence-corrected chi connectivity index (χ4v) is 2.71. The van der Waals surface area contributed by atoms with Crippen molar-refractivity contribution in [3.63, 3.8) is 0 Å². The second-order valence-electron chi connectivity index (χ2n) is 9.18. The van der Waals surface area contributed by atoms with E-state index in [1.165, 1.54) is 5.56 Å². The molecule has 1 heterocycles. The Labute approximate surface area is 159 Å². The van der Waals surface area contributed by atoms with Crippen molar-refractivity contribution in [2.45, 2.75) is 71.8 Å². The van der Waals surface area contributed by atoms with E-state index in [2.05, 4.69) is 89.4 Å². The second kappa shape index (κ2) is 7.85. The van der Waals surface area contributed by atoms with E-state index in [-0.39, 0.29) is 23.9 Å². The maximum absolute atomic E-state index is 6.21. The van der Waals surface area contributed by atoms with Crippen LogP contribution in [0.5, 0.6) is 0 Å². The van der Waals surface area contributed by atoms with E-state index in [0.717, 1.165) is 24.1 Å². The van der Waals surface area contributed by atoms with Crippen LogP contribution >= 0.6 is 0 Å². The first kappa shape index (κ1) is 21.2. The van der Waals surface area contributed by atoms with Gasteiger partial charge in [-0.1, -0.05) is 30.3 Å². The molecule has 2 N–H and O–H groups in total. The third kappa shape index (κ3) is 5.43. The smallest absolute Gasteiger partial charge is 0.400 e. The molecule has 4 nitrogen and oxygen atoms in total. The van der Waals surface area contributed by atoms with Crippen molar-refractivity contribution in [3.05, 3.63) is 40.9 Å². The van der Waals surface area contributed by atoms with Crippen LogP contribution < -0.4 is 10.6 Å². The van der Waals surface area contributed by atoms with Crippen LogP contribution in [-0.2, 0) is 15.9 Å². The van der Waals surface area contributed by atoms with Crippen LogP contribution in [0, 0.1) is 0 Å². The van der Waals surface area contributed by atoms with Gasteiger partial charge in [-0.05, 0) is 72.1 Å². The lowest BCUT2D eigenvalue weighted by Gasteiger charge is -2.32. The molecule has 2 rings (SSSR count). The largest absolute Gasteiger partial charge is 0.491 e. The van der Waals surface area contributed by atoms with Crippen LogP contribution in [0.25, 0.3) is 6.08 Å². The highest BCUT2D eigenvalue weighted by molar-refractivity contribution is 6.55. The topological polar surface area (TPSA) is 42.5 Å². The monoisotopic (exact) mass is 358 g/mol. The minimum Gasteiger partial charge on any atom is -0.400 e. The van der Waals surface area contributed by atoms with Gasteiger partial charge in [-0.15, -0.1) is 0 Å². The van der Waals surface area contributed by atoms with E-state index >= 15 is 0 Å². The molecule has 1 aromatic rings. The van der Waals surface area contributed by atoms with Crippen molar-refractivity contribution >= 4 is 13.2 Å². The Kier molecular flexibility index (Phi) is 6.39. The number of nitrogens with one attached hydrogen (secondary N) is 2. The van der Waals surface area contributed by atoms with Gasteiger partial charge in [0.05, 0.1) is 11.2 Å². The number of hydrogen-bond donors (Lipinski definition) is 2. The minimum atomic E-state index is -0.326. The summed E-state index contributed by atoms with van der Waals surface area (Å²) in [6.07, 6.45) is 2.17. The maximum Gasteiger partial charge on any atom is 0.491 e. The van der Waals surface area contributed by atoms with Crippen LogP contribution in [-0.4, -0.2) is 37.5 Å². The van der Waals surface area contributed by atoms with Gasteiger partial charge >= 0.3 is 7.12 Å². The van der Waals surface area contributed by atoms with Gasteiger partial charge in [0.15, 0.2) is 0 Å². The van der Waals surface area contributed by atoms with Crippen LogP contribution in [0.2, 0.25) is 0 Å². The number of benzene rings is 1. The normalized spacial score (nSPS) is 19.8. The maximum atomic E-state index is 6.21. The molecule has 5 heteroatoms. The standard InChI is InChI=1S/C21H35BN2O2/c1-19(2,3)24-14-17-11-9-16(10-12-17)13-18(15-23-8)22-25-20(4,5)21(6,7)26-22/h9-13,23-24H,14-15H2,1-8H3. The van der Waals surface area contributed by atoms with Crippen LogP contribution in [0.3, 0.4) is 0 Å². The molecule has 0 atom stereocenters. The summed E-state index contributed by atoms with van der Waals surface area (Å²) in [7, 11) is 1.62. The summed E-state index contributed by atoms with van der Waals surface area (Å²) in [5.41, 5.74) is 3.01. The zero-order chi connectivity index (χ0) is 19.6. The summed E-state index contributed by atoms with van der Waals surface area (Å²) in [5.74, 6) is 0. The molecule has 1 aliphatic rings. The molecule has 1 aromatic carbocycles. The van der Waals surface area contributed by atoms with Crippen LogP contribution in [0.4, 0.5) is 0 Å². The molecule has 0 saturated carbocycles. The van der Waals surface area contributed by atoms with Crippen molar-refractivity contribution in [3.8, 4) is 0 Å². The molecule has 1 aliphatic heterocycles. The third-order valence-electron chi connectivity index (χ3n) is 5.09. The number of hydrogen-bond acceptors (Lipinski definition) is 4. The first-order valence-corrected chi connectivity index (χ1v) is 9.48. The summed E-state index contributed by atoms with van der Waals surface area (Å²) >= 11 is 0. The van der Waals surface area contributed by atoms with E-state index < -0.39 is 0 Å². The first-order valence-electron chi connectivity index (χ1n) is 9.48. The van der Waals surface area contributed by atoms with E-state index in [9.17, 15) is 0 Å². The molecule has 0 aliphatic carbocycles. The second-order valence-corrected chi connectivity index (χ2v) is 9.18. The molecule has 0 bridgehead atoms. The van der Waals surface area contributed by atoms with Gasteiger partial charge in [-0.2, -0.15) is 0 Å². The van der Waals surface area contributed by atoms with Gasteiger partial charge in [0.2, 0.25) is 0 Å². The summed E-state index contributed by atoms with van der Waals surface area (Å²) < 4.78 is 12.4. The molecule has 0 radical (unpaired) electrons. The Morgan fingerprint density at radius 1 is 1.04 bits per heavy atom. The highest BCUT2D eigenvalue weighted by Crippen LogP contribution is 2.38. The van der Waals surface area contributed by atoms with Crippen molar-refractivity contribution < 1.29 is 9.31 Å². The fraction of sp³-hybridized carbons (Fsp3) is 0.619.